The van der Waals surface area contributed by atoms with Crippen molar-refractivity contribution in [1.29, 1.82) is 0 Å². The minimum atomic E-state index is -0.302. The second kappa shape index (κ2) is 9.15. The molecule has 29 heavy (non-hydrogen) atoms. The van der Waals surface area contributed by atoms with Crippen LogP contribution in [0, 0.1) is 6.92 Å². The van der Waals surface area contributed by atoms with Crippen LogP contribution >= 0.6 is 0 Å². The molecule has 0 bridgehead atoms. The van der Waals surface area contributed by atoms with E-state index in [2.05, 4.69) is 29.5 Å². The summed E-state index contributed by atoms with van der Waals surface area (Å²) in [6.45, 7) is 6.66. The third kappa shape index (κ3) is 5.29. The minimum absolute atomic E-state index is 0.267. The first kappa shape index (κ1) is 20.3. The van der Waals surface area contributed by atoms with Gasteiger partial charge in [-0.25, -0.2) is 0 Å². The van der Waals surface area contributed by atoms with Gasteiger partial charge in [0.15, 0.2) is 0 Å². The number of carbonyl (C=O) groups is 2. The maximum atomic E-state index is 12.5. The van der Waals surface area contributed by atoms with Crippen molar-refractivity contribution in [2.45, 2.75) is 33.2 Å². The van der Waals surface area contributed by atoms with Crippen LogP contribution in [0.15, 0.2) is 67.0 Å². The lowest BCUT2D eigenvalue weighted by atomic mass is 10.0. The van der Waals surface area contributed by atoms with Crippen LogP contribution in [-0.4, -0.2) is 16.8 Å². The van der Waals surface area contributed by atoms with Gasteiger partial charge < -0.3 is 10.6 Å². The summed E-state index contributed by atoms with van der Waals surface area (Å²) in [7, 11) is 0. The predicted octanol–water partition coefficient (Wildman–Crippen LogP) is 4.70. The van der Waals surface area contributed by atoms with Gasteiger partial charge in [0.1, 0.15) is 0 Å². The molecule has 5 nitrogen and oxygen atoms in total. The zero-order valence-corrected chi connectivity index (χ0v) is 16.9. The highest BCUT2D eigenvalue weighted by molar-refractivity contribution is 6.05. The number of amides is 2. The Labute approximate surface area is 171 Å². The van der Waals surface area contributed by atoms with Crippen molar-refractivity contribution in [3.63, 3.8) is 0 Å². The third-order valence-corrected chi connectivity index (χ3v) is 4.80. The lowest BCUT2D eigenvalue weighted by Gasteiger charge is -2.10. The molecular weight excluding hydrogens is 362 g/mol. The molecule has 148 valence electrons. The van der Waals surface area contributed by atoms with Crippen molar-refractivity contribution in [3.8, 4) is 0 Å². The quantitative estimate of drug-likeness (QED) is 0.644. The van der Waals surface area contributed by atoms with Gasteiger partial charge in [0, 0.05) is 24.6 Å². The second-order valence-corrected chi connectivity index (χ2v) is 7.30. The average Bonchev–Trinajstić information content (AvgIpc) is 2.73. The maximum Gasteiger partial charge on any atom is 0.257 e. The Balaban J connectivity index is 1.65. The molecule has 0 atom stereocenters. The van der Waals surface area contributed by atoms with E-state index in [9.17, 15) is 9.59 Å². The monoisotopic (exact) mass is 387 g/mol. The Kier molecular flexibility index (Phi) is 6.39. The van der Waals surface area contributed by atoms with E-state index >= 15 is 0 Å². The van der Waals surface area contributed by atoms with Crippen LogP contribution < -0.4 is 10.6 Å². The van der Waals surface area contributed by atoms with E-state index in [0.717, 1.165) is 11.1 Å². The van der Waals surface area contributed by atoms with Crippen molar-refractivity contribution in [3.05, 3.63) is 94.8 Å². The molecule has 1 heterocycles. The average molecular weight is 387 g/mol. The van der Waals surface area contributed by atoms with Gasteiger partial charge in [-0.3, -0.25) is 14.6 Å². The van der Waals surface area contributed by atoms with E-state index in [0.29, 0.717) is 29.3 Å². The molecule has 1 aromatic heterocycles. The van der Waals surface area contributed by atoms with Crippen molar-refractivity contribution in [2.24, 2.45) is 0 Å². The number of rotatable bonds is 6. The summed E-state index contributed by atoms with van der Waals surface area (Å²) in [5, 5.41) is 5.72. The fourth-order valence-electron chi connectivity index (χ4n) is 2.93. The van der Waals surface area contributed by atoms with Crippen LogP contribution in [0.25, 0.3) is 0 Å². The van der Waals surface area contributed by atoms with E-state index in [-0.39, 0.29) is 11.8 Å². The largest absolute Gasteiger partial charge is 0.348 e. The number of aromatic nitrogens is 1. The topological polar surface area (TPSA) is 71.1 Å². The molecule has 3 rings (SSSR count). The van der Waals surface area contributed by atoms with Crippen molar-refractivity contribution in [1.82, 2.24) is 10.3 Å². The van der Waals surface area contributed by atoms with Gasteiger partial charge in [-0.2, -0.15) is 0 Å². The Morgan fingerprint density at radius 3 is 2.24 bits per heavy atom. The fraction of sp³-hybridized carbons (Fsp3) is 0.208. The van der Waals surface area contributed by atoms with Crippen LogP contribution in [0.2, 0.25) is 0 Å². The number of nitrogens with zero attached hydrogens (tertiary/aromatic N) is 1. The van der Waals surface area contributed by atoms with Crippen molar-refractivity contribution >= 4 is 17.5 Å². The minimum Gasteiger partial charge on any atom is -0.348 e. The van der Waals surface area contributed by atoms with Gasteiger partial charge in [0.25, 0.3) is 11.8 Å². The zero-order chi connectivity index (χ0) is 20.8. The van der Waals surface area contributed by atoms with E-state index in [1.165, 1.54) is 18.0 Å². The van der Waals surface area contributed by atoms with Gasteiger partial charge in [-0.1, -0.05) is 50.2 Å². The third-order valence-electron chi connectivity index (χ3n) is 4.80. The number of anilines is 1. The molecule has 0 fully saturated rings. The molecule has 0 spiro atoms. The lowest BCUT2D eigenvalue weighted by Crippen LogP contribution is -2.24. The summed E-state index contributed by atoms with van der Waals surface area (Å²) >= 11 is 0. The normalized spacial score (nSPS) is 10.6. The van der Waals surface area contributed by atoms with Crippen molar-refractivity contribution in [2.75, 3.05) is 5.32 Å². The first-order chi connectivity index (χ1) is 13.9. The Morgan fingerprint density at radius 2 is 1.59 bits per heavy atom. The number of benzene rings is 2. The Bertz CT molecular complexity index is 1010. The summed E-state index contributed by atoms with van der Waals surface area (Å²) in [4.78, 5) is 29.1. The molecule has 0 aliphatic rings. The molecule has 5 heteroatoms. The summed E-state index contributed by atoms with van der Waals surface area (Å²) in [6, 6.07) is 17.2. The van der Waals surface area contributed by atoms with E-state index < -0.39 is 0 Å². The summed E-state index contributed by atoms with van der Waals surface area (Å²) in [6.07, 6.45) is 2.91. The predicted molar refractivity (Wildman–Crippen MR) is 115 cm³/mol. The van der Waals surface area contributed by atoms with Crippen LogP contribution in [0.1, 0.15) is 57.2 Å². The molecule has 3 aromatic rings. The first-order valence-corrected chi connectivity index (χ1v) is 9.63. The fourth-order valence-corrected chi connectivity index (χ4v) is 2.93. The summed E-state index contributed by atoms with van der Waals surface area (Å²) < 4.78 is 0. The number of aryl methyl sites for hydroxylation is 1. The number of nitrogens with one attached hydrogen (secondary N) is 2. The number of pyridine rings is 1. The Morgan fingerprint density at radius 1 is 0.931 bits per heavy atom. The molecule has 0 saturated carbocycles. The number of hydrogen-bond donors (Lipinski definition) is 2. The second-order valence-electron chi connectivity index (χ2n) is 7.30. The number of carbonyl (C=O) groups excluding carboxylic acids is 2. The van der Waals surface area contributed by atoms with Gasteiger partial charge in [-0.15, -0.1) is 0 Å². The van der Waals surface area contributed by atoms with E-state index in [1.54, 1.807) is 6.07 Å². The molecule has 0 radical (unpaired) electrons. The molecule has 0 aliphatic carbocycles. The maximum absolute atomic E-state index is 12.5. The lowest BCUT2D eigenvalue weighted by molar-refractivity contribution is 0.0950. The first-order valence-electron chi connectivity index (χ1n) is 9.63. The highest BCUT2D eigenvalue weighted by Crippen LogP contribution is 2.18. The molecule has 0 saturated heterocycles. The summed E-state index contributed by atoms with van der Waals surface area (Å²) in [5.74, 6) is -0.140. The van der Waals surface area contributed by atoms with Crippen LogP contribution in [-0.2, 0) is 6.54 Å². The van der Waals surface area contributed by atoms with Crippen LogP contribution in [0.5, 0.6) is 0 Å². The molecule has 2 aromatic carbocycles. The van der Waals surface area contributed by atoms with Gasteiger partial charge >= 0.3 is 0 Å². The zero-order valence-electron chi connectivity index (χ0n) is 16.9. The molecule has 2 N–H and O–H groups in total. The van der Waals surface area contributed by atoms with Gasteiger partial charge in [-0.05, 0) is 47.7 Å². The smallest absolute Gasteiger partial charge is 0.257 e. The van der Waals surface area contributed by atoms with Crippen LogP contribution in [0.3, 0.4) is 0 Å². The van der Waals surface area contributed by atoms with Crippen LogP contribution in [0.4, 0.5) is 5.69 Å². The number of hydrogen-bond acceptors (Lipinski definition) is 3. The van der Waals surface area contributed by atoms with Gasteiger partial charge in [0.2, 0.25) is 0 Å². The highest BCUT2D eigenvalue weighted by Gasteiger charge is 2.12. The van der Waals surface area contributed by atoms with Crippen molar-refractivity contribution < 1.29 is 9.59 Å². The summed E-state index contributed by atoms with van der Waals surface area (Å²) in [5.41, 5.74) is 4.75. The standard InChI is InChI=1S/C24H25N3O2/c1-16(2)18-8-10-22(11-9-18)27-24(29)21-12-20(13-25-14-21)23(28)26-15-19-7-5-4-6-17(19)3/h4-14,16H,15H2,1-3H3,(H,26,28)(H,27,29). The van der Waals surface area contributed by atoms with Gasteiger partial charge in [0.05, 0.1) is 11.1 Å². The molecular formula is C24H25N3O2. The Hall–Kier alpha value is -3.47. The van der Waals surface area contributed by atoms with E-state index in [4.69, 9.17) is 0 Å². The molecule has 0 unspecified atom stereocenters. The SMILES string of the molecule is Cc1ccccc1CNC(=O)c1cncc(C(=O)Nc2ccc(C(C)C)cc2)c1. The highest BCUT2D eigenvalue weighted by atomic mass is 16.2. The van der Waals surface area contributed by atoms with E-state index in [1.807, 2.05) is 55.5 Å². The molecule has 0 aliphatic heterocycles. The molecule has 2 amide bonds.